The van der Waals surface area contributed by atoms with Crippen LogP contribution in [0.1, 0.15) is 50.2 Å². The zero-order valence-corrected chi connectivity index (χ0v) is 15.8. The van der Waals surface area contributed by atoms with E-state index >= 15 is 0 Å². The van der Waals surface area contributed by atoms with E-state index in [0.29, 0.717) is 28.0 Å². The molecular formula is C21H17N3O5. The number of nitriles is 1. The largest absolute Gasteiger partial charge is 0.493 e. The lowest BCUT2D eigenvalue weighted by Crippen LogP contribution is -2.52. The Bertz CT molecular complexity index is 1090. The molecular weight excluding hydrogens is 374 g/mol. The molecule has 8 nitrogen and oxygen atoms in total. The lowest BCUT2D eigenvalue weighted by Gasteiger charge is -2.38. The standard InChI is InChI=1S/C21H17N3O5/c1-28-14-8-7-13-17(20(14)29-2)19(26)16-11-5-3-4-6-12(11)21(27)24(18(13)16)23-15(25)9-10-22/h3-8,16,18H,9H2,1-2H3,(H,23,25). The fourth-order valence-corrected chi connectivity index (χ4v) is 4.11. The highest BCUT2D eigenvalue weighted by Gasteiger charge is 2.52. The number of hydrogen-bond acceptors (Lipinski definition) is 6. The van der Waals surface area contributed by atoms with Gasteiger partial charge in [-0.25, -0.2) is 5.01 Å². The van der Waals surface area contributed by atoms with Crippen LogP contribution in [-0.4, -0.2) is 36.8 Å². The van der Waals surface area contributed by atoms with Gasteiger partial charge in [0.15, 0.2) is 17.3 Å². The van der Waals surface area contributed by atoms with Crippen molar-refractivity contribution in [2.24, 2.45) is 0 Å². The van der Waals surface area contributed by atoms with Crippen molar-refractivity contribution >= 4 is 17.6 Å². The van der Waals surface area contributed by atoms with Crippen LogP contribution in [0, 0.1) is 11.3 Å². The van der Waals surface area contributed by atoms with Gasteiger partial charge >= 0.3 is 0 Å². The van der Waals surface area contributed by atoms with Crippen LogP contribution in [-0.2, 0) is 4.79 Å². The molecule has 2 unspecified atom stereocenters. The van der Waals surface area contributed by atoms with Crippen molar-refractivity contribution in [3.05, 3.63) is 58.7 Å². The van der Waals surface area contributed by atoms with Gasteiger partial charge < -0.3 is 9.47 Å². The van der Waals surface area contributed by atoms with E-state index in [1.807, 2.05) is 0 Å². The maximum atomic E-state index is 13.5. The zero-order valence-electron chi connectivity index (χ0n) is 15.8. The van der Waals surface area contributed by atoms with Crippen LogP contribution in [0.15, 0.2) is 36.4 Å². The Morgan fingerprint density at radius 2 is 1.90 bits per heavy atom. The molecule has 1 aliphatic heterocycles. The lowest BCUT2D eigenvalue weighted by atomic mass is 9.84. The van der Waals surface area contributed by atoms with E-state index in [0.717, 1.165) is 5.01 Å². The highest BCUT2D eigenvalue weighted by atomic mass is 16.5. The number of ether oxygens (including phenoxy) is 2. The van der Waals surface area contributed by atoms with E-state index in [9.17, 15) is 14.4 Å². The van der Waals surface area contributed by atoms with Crippen molar-refractivity contribution in [3.63, 3.8) is 0 Å². The number of benzene rings is 2. The summed E-state index contributed by atoms with van der Waals surface area (Å²) in [7, 11) is 2.92. The predicted molar refractivity (Wildman–Crippen MR) is 100 cm³/mol. The molecule has 1 heterocycles. The average molecular weight is 391 g/mol. The smallest absolute Gasteiger partial charge is 0.273 e. The quantitative estimate of drug-likeness (QED) is 0.855. The van der Waals surface area contributed by atoms with Gasteiger partial charge in [0, 0.05) is 5.56 Å². The monoisotopic (exact) mass is 391 g/mol. The van der Waals surface area contributed by atoms with E-state index in [1.165, 1.54) is 14.2 Å². The average Bonchev–Trinajstić information content (AvgIpc) is 3.03. The minimum atomic E-state index is -0.748. The Labute approximate surface area is 166 Å². The first-order chi connectivity index (χ1) is 14.0. The number of amides is 2. The Kier molecular flexibility index (Phi) is 4.43. The summed E-state index contributed by atoms with van der Waals surface area (Å²) in [5.41, 5.74) is 4.31. The molecule has 0 aromatic heterocycles. The second-order valence-corrected chi connectivity index (χ2v) is 6.68. The first-order valence-electron chi connectivity index (χ1n) is 8.91. The third-order valence-electron chi connectivity index (χ3n) is 5.25. The molecule has 0 saturated carbocycles. The molecule has 0 radical (unpaired) electrons. The number of nitrogens with zero attached hydrogens (tertiary/aromatic N) is 2. The number of methoxy groups -OCH3 is 2. The van der Waals surface area contributed by atoms with Gasteiger partial charge in [-0.15, -0.1) is 0 Å². The maximum Gasteiger partial charge on any atom is 0.273 e. The molecule has 8 heteroatoms. The fraction of sp³-hybridized carbons (Fsp3) is 0.238. The molecule has 29 heavy (non-hydrogen) atoms. The highest BCUT2D eigenvalue weighted by molar-refractivity contribution is 6.13. The maximum absolute atomic E-state index is 13.5. The summed E-state index contributed by atoms with van der Waals surface area (Å²) in [6, 6.07) is 11.2. The van der Waals surface area contributed by atoms with Crippen LogP contribution in [0.4, 0.5) is 0 Å². The third-order valence-corrected chi connectivity index (χ3v) is 5.25. The first kappa shape index (κ1) is 18.5. The molecule has 0 saturated heterocycles. The number of rotatable bonds is 4. The Morgan fingerprint density at radius 1 is 1.14 bits per heavy atom. The van der Waals surface area contributed by atoms with Crippen LogP contribution in [0.25, 0.3) is 0 Å². The number of hydrogen-bond donors (Lipinski definition) is 1. The van der Waals surface area contributed by atoms with Crippen LogP contribution in [0.3, 0.4) is 0 Å². The van der Waals surface area contributed by atoms with Crippen LogP contribution >= 0.6 is 0 Å². The minimum Gasteiger partial charge on any atom is -0.493 e. The molecule has 146 valence electrons. The van der Waals surface area contributed by atoms with Crippen molar-refractivity contribution in [2.75, 3.05) is 14.2 Å². The van der Waals surface area contributed by atoms with Gasteiger partial charge in [0.1, 0.15) is 6.42 Å². The summed E-state index contributed by atoms with van der Waals surface area (Å²) in [4.78, 5) is 38.7. The number of fused-ring (bicyclic) bond motifs is 5. The number of nitrogens with one attached hydrogen (secondary N) is 1. The van der Waals surface area contributed by atoms with Gasteiger partial charge in [-0.1, -0.05) is 24.3 Å². The lowest BCUT2D eigenvalue weighted by molar-refractivity contribution is -0.125. The molecule has 2 atom stereocenters. The summed E-state index contributed by atoms with van der Waals surface area (Å²) in [6.07, 6.45) is -0.407. The van der Waals surface area contributed by atoms with Crippen LogP contribution in [0.5, 0.6) is 11.5 Å². The molecule has 0 fully saturated rings. The zero-order chi connectivity index (χ0) is 20.7. The Balaban J connectivity index is 1.93. The number of carbonyl (C=O) groups is 3. The van der Waals surface area contributed by atoms with Crippen molar-refractivity contribution in [2.45, 2.75) is 18.4 Å². The second kappa shape index (κ2) is 6.95. The Hall–Kier alpha value is -3.86. The summed E-state index contributed by atoms with van der Waals surface area (Å²) < 4.78 is 10.8. The van der Waals surface area contributed by atoms with E-state index < -0.39 is 30.2 Å². The summed E-state index contributed by atoms with van der Waals surface area (Å²) in [5, 5.41) is 9.96. The normalized spacial score (nSPS) is 19.0. The van der Waals surface area contributed by atoms with Crippen molar-refractivity contribution in [1.82, 2.24) is 10.4 Å². The summed E-state index contributed by atoms with van der Waals surface area (Å²) in [5.74, 6) is -1.30. The molecule has 2 aromatic carbocycles. The fourth-order valence-electron chi connectivity index (χ4n) is 4.11. The minimum absolute atomic E-state index is 0.222. The van der Waals surface area contributed by atoms with Gasteiger partial charge in [-0.3, -0.25) is 19.8 Å². The van der Waals surface area contributed by atoms with Crippen LogP contribution in [0.2, 0.25) is 0 Å². The van der Waals surface area contributed by atoms with E-state index in [4.69, 9.17) is 14.7 Å². The molecule has 4 rings (SSSR count). The van der Waals surface area contributed by atoms with Crippen LogP contribution < -0.4 is 14.9 Å². The third kappa shape index (κ3) is 2.63. The molecule has 2 amide bonds. The SMILES string of the molecule is COc1ccc2c(c1OC)C(=O)C1c3ccccc3C(=O)N(NC(=O)CC#N)C21. The van der Waals surface area contributed by atoms with Gasteiger partial charge in [0.25, 0.3) is 11.8 Å². The van der Waals surface area contributed by atoms with Crippen molar-refractivity contribution in [1.29, 1.82) is 5.26 Å². The van der Waals surface area contributed by atoms with Crippen molar-refractivity contribution < 1.29 is 23.9 Å². The number of carbonyl (C=O) groups excluding carboxylic acids is 3. The molecule has 0 spiro atoms. The number of ketones is 1. The molecule has 0 bridgehead atoms. The molecule has 1 N–H and O–H groups in total. The van der Waals surface area contributed by atoms with Gasteiger partial charge in [0.05, 0.1) is 37.8 Å². The van der Waals surface area contributed by atoms with E-state index in [1.54, 1.807) is 42.5 Å². The predicted octanol–water partition coefficient (Wildman–Crippen LogP) is 2.13. The number of Topliss-reactive ketones (excluding diaryl/α,β-unsaturated/α-hetero) is 1. The van der Waals surface area contributed by atoms with Gasteiger partial charge in [-0.05, 0) is 23.3 Å². The van der Waals surface area contributed by atoms with E-state index in [2.05, 4.69) is 5.43 Å². The van der Waals surface area contributed by atoms with Gasteiger partial charge in [0.2, 0.25) is 0 Å². The highest BCUT2D eigenvalue weighted by Crippen LogP contribution is 2.53. The van der Waals surface area contributed by atoms with Crippen molar-refractivity contribution in [3.8, 4) is 17.6 Å². The molecule has 2 aromatic rings. The van der Waals surface area contributed by atoms with E-state index in [-0.39, 0.29) is 11.5 Å². The summed E-state index contributed by atoms with van der Waals surface area (Å²) in [6.45, 7) is 0. The topological polar surface area (TPSA) is 109 Å². The number of hydrazine groups is 1. The van der Waals surface area contributed by atoms with Gasteiger partial charge in [-0.2, -0.15) is 5.26 Å². The molecule has 2 aliphatic rings. The molecule has 1 aliphatic carbocycles. The summed E-state index contributed by atoms with van der Waals surface area (Å²) >= 11 is 0. The Morgan fingerprint density at radius 3 is 2.59 bits per heavy atom. The first-order valence-corrected chi connectivity index (χ1v) is 8.91. The second-order valence-electron chi connectivity index (χ2n) is 6.68.